The van der Waals surface area contributed by atoms with E-state index in [1.807, 2.05) is 18.2 Å². The molecule has 3 aromatic rings. The third-order valence-electron chi connectivity index (χ3n) is 6.26. The van der Waals surface area contributed by atoms with Crippen LogP contribution in [-0.2, 0) is 34.1 Å². The zero-order valence-corrected chi connectivity index (χ0v) is 18.4. The summed E-state index contributed by atoms with van der Waals surface area (Å²) in [5.74, 6) is 0.401. The topological polar surface area (TPSA) is 103 Å². The van der Waals surface area contributed by atoms with Gasteiger partial charge in [0.25, 0.3) is 0 Å². The Hall–Kier alpha value is -3.23. The fourth-order valence-electron chi connectivity index (χ4n) is 4.63. The molecule has 0 bridgehead atoms. The standard InChI is InChI=1S/C24H23N3O4S/c1-31-23-4-2-3-21(26-23)17-6-5-16-11-19(13-18(16)12-17)24(28)27-10-9-15-7-8-20(14-22(15)27)32(25,29)30/h2-8,12,14,19H,9-11,13H2,1H3,(H2,25,29,30). The van der Waals surface area contributed by atoms with Crippen LogP contribution in [0.1, 0.15) is 16.7 Å². The number of benzene rings is 2. The molecule has 2 heterocycles. The molecule has 5 rings (SSSR count). The highest BCUT2D eigenvalue weighted by Gasteiger charge is 2.34. The lowest BCUT2D eigenvalue weighted by atomic mass is 10.0. The second kappa shape index (κ2) is 7.72. The van der Waals surface area contributed by atoms with Crippen molar-refractivity contribution in [2.75, 3.05) is 18.6 Å². The van der Waals surface area contributed by atoms with Crippen molar-refractivity contribution in [2.45, 2.75) is 24.2 Å². The van der Waals surface area contributed by atoms with Crippen LogP contribution in [0.15, 0.2) is 59.5 Å². The smallest absolute Gasteiger partial charge is 0.238 e. The molecule has 0 radical (unpaired) electrons. The number of rotatable bonds is 4. The first-order chi connectivity index (χ1) is 15.3. The highest BCUT2D eigenvalue weighted by Crippen LogP contribution is 2.36. The number of anilines is 1. The average molecular weight is 450 g/mol. The van der Waals surface area contributed by atoms with Crippen LogP contribution in [0.4, 0.5) is 5.69 Å². The molecule has 1 aromatic heterocycles. The number of ether oxygens (including phenoxy) is 1. The summed E-state index contributed by atoms with van der Waals surface area (Å²) in [4.78, 5) is 19.6. The molecule has 0 saturated heterocycles. The number of aromatic nitrogens is 1. The Labute approximate surface area is 186 Å². The van der Waals surface area contributed by atoms with Gasteiger partial charge >= 0.3 is 0 Å². The van der Waals surface area contributed by atoms with E-state index >= 15 is 0 Å². The summed E-state index contributed by atoms with van der Waals surface area (Å²) in [6.07, 6.45) is 2.02. The summed E-state index contributed by atoms with van der Waals surface area (Å²) in [6.45, 7) is 0.550. The summed E-state index contributed by atoms with van der Waals surface area (Å²) in [6, 6.07) is 16.6. The second-order valence-corrected chi connectivity index (χ2v) is 9.79. The quantitative estimate of drug-likeness (QED) is 0.660. The predicted octanol–water partition coefficient (Wildman–Crippen LogP) is 2.71. The molecule has 0 fully saturated rings. The molecule has 2 N–H and O–H groups in total. The molecule has 1 atom stereocenters. The minimum atomic E-state index is -3.83. The van der Waals surface area contributed by atoms with Crippen molar-refractivity contribution in [2.24, 2.45) is 11.1 Å². The Morgan fingerprint density at radius 1 is 1.06 bits per heavy atom. The SMILES string of the molecule is COc1cccc(-c2ccc3c(c2)CC(C(=O)N2CCc4ccc(S(N)(=O)=O)cc42)C3)n1. The molecule has 0 saturated carbocycles. The average Bonchev–Trinajstić information content (AvgIpc) is 3.41. The number of carbonyl (C=O) groups excluding carboxylic acids is 1. The minimum Gasteiger partial charge on any atom is -0.481 e. The van der Waals surface area contributed by atoms with Gasteiger partial charge < -0.3 is 9.64 Å². The molecule has 1 aliphatic heterocycles. The first kappa shape index (κ1) is 20.7. The fourth-order valence-corrected chi connectivity index (χ4v) is 5.16. The van der Waals surface area contributed by atoms with Gasteiger partial charge in [-0.15, -0.1) is 0 Å². The van der Waals surface area contributed by atoms with Gasteiger partial charge in [-0.1, -0.05) is 24.3 Å². The molecule has 8 heteroatoms. The molecule has 32 heavy (non-hydrogen) atoms. The Bertz CT molecular complexity index is 1340. The van der Waals surface area contributed by atoms with E-state index in [0.717, 1.165) is 27.9 Å². The van der Waals surface area contributed by atoms with Crippen LogP contribution in [0.3, 0.4) is 0 Å². The second-order valence-electron chi connectivity index (χ2n) is 8.23. The van der Waals surface area contributed by atoms with Crippen molar-refractivity contribution in [1.82, 2.24) is 4.98 Å². The van der Waals surface area contributed by atoms with Gasteiger partial charge in [0.2, 0.25) is 21.8 Å². The number of amides is 1. The van der Waals surface area contributed by atoms with Crippen LogP contribution in [0.25, 0.3) is 11.3 Å². The van der Waals surface area contributed by atoms with Crippen molar-refractivity contribution in [3.8, 4) is 17.1 Å². The Morgan fingerprint density at radius 3 is 2.62 bits per heavy atom. The van der Waals surface area contributed by atoms with E-state index in [1.165, 1.54) is 12.1 Å². The van der Waals surface area contributed by atoms with E-state index in [2.05, 4.69) is 17.1 Å². The maximum absolute atomic E-state index is 13.4. The van der Waals surface area contributed by atoms with Crippen molar-refractivity contribution in [3.63, 3.8) is 0 Å². The molecule has 2 aliphatic rings. The summed E-state index contributed by atoms with van der Waals surface area (Å²) >= 11 is 0. The van der Waals surface area contributed by atoms with Gasteiger partial charge in [-0.3, -0.25) is 4.79 Å². The van der Waals surface area contributed by atoms with Gasteiger partial charge in [0, 0.05) is 29.8 Å². The van der Waals surface area contributed by atoms with Gasteiger partial charge in [-0.05, 0) is 60.2 Å². The normalized spacial score (nSPS) is 17.2. The molecule has 2 aromatic carbocycles. The van der Waals surface area contributed by atoms with Crippen LogP contribution in [0.2, 0.25) is 0 Å². The van der Waals surface area contributed by atoms with Crippen molar-refractivity contribution in [3.05, 3.63) is 71.3 Å². The maximum Gasteiger partial charge on any atom is 0.238 e. The zero-order chi connectivity index (χ0) is 22.5. The largest absolute Gasteiger partial charge is 0.481 e. The Kier molecular flexibility index (Phi) is 4.98. The monoisotopic (exact) mass is 449 g/mol. The Balaban J connectivity index is 1.39. The van der Waals surface area contributed by atoms with Crippen molar-refractivity contribution in [1.29, 1.82) is 0 Å². The number of methoxy groups -OCH3 is 1. The molecule has 1 amide bonds. The lowest BCUT2D eigenvalue weighted by molar-refractivity contribution is -0.122. The third kappa shape index (κ3) is 3.65. The molecular weight excluding hydrogens is 426 g/mol. The molecular formula is C24H23N3O4S. The van der Waals surface area contributed by atoms with Crippen LogP contribution in [0.5, 0.6) is 5.88 Å². The van der Waals surface area contributed by atoms with Gasteiger partial charge in [0.15, 0.2) is 0 Å². The number of carbonyl (C=O) groups is 1. The molecule has 1 unspecified atom stereocenters. The lowest BCUT2D eigenvalue weighted by Crippen LogP contribution is -2.35. The van der Waals surface area contributed by atoms with Crippen molar-refractivity contribution < 1.29 is 17.9 Å². The van der Waals surface area contributed by atoms with Crippen LogP contribution >= 0.6 is 0 Å². The van der Waals surface area contributed by atoms with Gasteiger partial charge in [0.05, 0.1) is 17.7 Å². The number of primary sulfonamides is 1. The summed E-state index contributed by atoms with van der Waals surface area (Å²) in [5.41, 5.74) is 5.73. The fraction of sp³-hybridized carbons (Fsp3) is 0.250. The predicted molar refractivity (Wildman–Crippen MR) is 121 cm³/mol. The maximum atomic E-state index is 13.4. The molecule has 164 valence electrons. The summed E-state index contributed by atoms with van der Waals surface area (Å²) in [7, 11) is -2.23. The van der Waals surface area contributed by atoms with E-state index in [-0.39, 0.29) is 16.7 Å². The Morgan fingerprint density at radius 2 is 1.84 bits per heavy atom. The van der Waals surface area contributed by atoms with Gasteiger partial charge in [-0.25, -0.2) is 18.5 Å². The highest BCUT2D eigenvalue weighted by molar-refractivity contribution is 7.89. The minimum absolute atomic E-state index is 0.0209. The molecule has 7 nitrogen and oxygen atoms in total. The summed E-state index contributed by atoms with van der Waals surface area (Å²) in [5, 5.41) is 5.29. The van der Waals surface area contributed by atoms with E-state index in [0.29, 0.717) is 37.4 Å². The number of hydrogen-bond acceptors (Lipinski definition) is 5. The van der Waals surface area contributed by atoms with Crippen LogP contribution in [-0.4, -0.2) is 33.0 Å². The number of hydrogen-bond donors (Lipinski definition) is 1. The molecule has 1 aliphatic carbocycles. The summed E-state index contributed by atoms with van der Waals surface area (Å²) < 4.78 is 28.8. The zero-order valence-electron chi connectivity index (χ0n) is 17.6. The first-order valence-electron chi connectivity index (χ1n) is 10.4. The van der Waals surface area contributed by atoms with Gasteiger partial charge in [-0.2, -0.15) is 0 Å². The first-order valence-corrected chi connectivity index (χ1v) is 12.0. The highest BCUT2D eigenvalue weighted by atomic mass is 32.2. The third-order valence-corrected chi connectivity index (χ3v) is 7.17. The lowest BCUT2D eigenvalue weighted by Gasteiger charge is -2.21. The number of fused-ring (bicyclic) bond motifs is 2. The van der Waals surface area contributed by atoms with Crippen LogP contribution < -0.4 is 14.8 Å². The van der Waals surface area contributed by atoms with E-state index in [9.17, 15) is 13.2 Å². The van der Waals surface area contributed by atoms with Crippen LogP contribution in [0, 0.1) is 5.92 Å². The van der Waals surface area contributed by atoms with E-state index < -0.39 is 10.0 Å². The van der Waals surface area contributed by atoms with E-state index in [4.69, 9.17) is 9.88 Å². The number of nitrogens with zero attached hydrogens (tertiary/aromatic N) is 2. The molecule has 0 spiro atoms. The number of nitrogens with two attached hydrogens (primary N) is 1. The van der Waals surface area contributed by atoms with E-state index in [1.54, 1.807) is 24.1 Å². The van der Waals surface area contributed by atoms with Gasteiger partial charge in [0.1, 0.15) is 0 Å². The number of pyridine rings is 1. The number of sulfonamides is 1. The van der Waals surface area contributed by atoms with Crippen molar-refractivity contribution >= 4 is 21.6 Å².